The van der Waals surface area contributed by atoms with E-state index in [9.17, 15) is 9.18 Å². The summed E-state index contributed by atoms with van der Waals surface area (Å²) in [6.07, 6.45) is 5.03. The molecule has 1 aromatic carbocycles. The SMILES string of the molecule is CNc1cc(F)cc2c1[nH]c1nc(Oc3cnc(CC(=O)OC)nc3)nc(N3C[C@H](N)C4(CC4)C3)c12. The Morgan fingerprint density at radius 2 is 2.08 bits per heavy atom. The van der Waals surface area contributed by atoms with Crippen molar-refractivity contribution in [3.8, 4) is 11.8 Å². The molecular formula is C24H25FN8O3. The number of benzene rings is 1. The highest BCUT2D eigenvalue weighted by Crippen LogP contribution is 2.53. The fraction of sp³-hybridized carbons (Fsp3) is 0.375. The van der Waals surface area contributed by atoms with Crippen LogP contribution in [0.5, 0.6) is 11.8 Å². The third kappa shape index (κ3) is 3.73. The molecule has 4 heterocycles. The van der Waals surface area contributed by atoms with Gasteiger partial charge >= 0.3 is 12.0 Å². The summed E-state index contributed by atoms with van der Waals surface area (Å²) in [6.45, 7) is 1.41. The number of halogens is 1. The highest BCUT2D eigenvalue weighted by molar-refractivity contribution is 6.14. The molecule has 1 aliphatic carbocycles. The van der Waals surface area contributed by atoms with E-state index in [1.807, 2.05) is 0 Å². The predicted molar refractivity (Wildman–Crippen MR) is 131 cm³/mol. The van der Waals surface area contributed by atoms with E-state index in [1.165, 1.54) is 31.6 Å². The number of nitrogens with one attached hydrogen (secondary N) is 2. The van der Waals surface area contributed by atoms with Crippen molar-refractivity contribution in [2.45, 2.75) is 25.3 Å². The lowest BCUT2D eigenvalue weighted by Crippen LogP contribution is -2.30. The van der Waals surface area contributed by atoms with Gasteiger partial charge in [-0.1, -0.05) is 0 Å². The molecule has 6 rings (SSSR count). The van der Waals surface area contributed by atoms with Gasteiger partial charge in [-0.25, -0.2) is 14.4 Å². The number of nitrogens with zero attached hydrogens (tertiary/aromatic N) is 5. The van der Waals surface area contributed by atoms with Crippen LogP contribution in [0, 0.1) is 11.2 Å². The number of fused-ring (bicyclic) bond motifs is 3. The lowest BCUT2D eigenvalue weighted by atomic mass is 10.0. The van der Waals surface area contributed by atoms with Gasteiger partial charge in [-0.15, -0.1) is 0 Å². The first-order valence-corrected chi connectivity index (χ1v) is 11.7. The highest BCUT2D eigenvalue weighted by atomic mass is 19.1. The van der Waals surface area contributed by atoms with Crippen molar-refractivity contribution in [3.63, 3.8) is 0 Å². The quantitative estimate of drug-likeness (QED) is 0.343. The Labute approximate surface area is 205 Å². The zero-order valence-electron chi connectivity index (χ0n) is 19.8. The van der Waals surface area contributed by atoms with E-state index in [0.717, 1.165) is 24.9 Å². The number of hydrogen-bond acceptors (Lipinski definition) is 10. The number of esters is 1. The zero-order chi connectivity index (χ0) is 25.0. The van der Waals surface area contributed by atoms with E-state index in [-0.39, 0.29) is 29.7 Å². The molecule has 0 radical (unpaired) electrons. The maximum Gasteiger partial charge on any atom is 0.326 e. The molecule has 2 fully saturated rings. The van der Waals surface area contributed by atoms with Crippen LogP contribution in [0.2, 0.25) is 0 Å². The summed E-state index contributed by atoms with van der Waals surface area (Å²) in [4.78, 5) is 34.5. The van der Waals surface area contributed by atoms with Gasteiger partial charge in [0.2, 0.25) is 0 Å². The molecule has 0 unspecified atom stereocenters. The lowest BCUT2D eigenvalue weighted by molar-refractivity contribution is -0.139. The fourth-order valence-electron chi connectivity index (χ4n) is 4.93. The number of carbonyl (C=O) groups excluding carboxylic acids is 1. The smallest absolute Gasteiger partial charge is 0.326 e. The van der Waals surface area contributed by atoms with Gasteiger partial charge in [0.1, 0.15) is 29.5 Å². The maximum absolute atomic E-state index is 14.5. The number of ether oxygens (including phenoxy) is 2. The summed E-state index contributed by atoms with van der Waals surface area (Å²) >= 11 is 0. The van der Waals surface area contributed by atoms with Gasteiger partial charge in [0.15, 0.2) is 5.75 Å². The summed E-state index contributed by atoms with van der Waals surface area (Å²) in [6, 6.07) is 3.04. The number of hydrogen-bond donors (Lipinski definition) is 3. The van der Waals surface area contributed by atoms with Gasteiger partial charge in [-0.3, -0.25) is 4.79 Å². The van der Waals surface area contributed by atoms with Crippen LogP contribution in [-0.4, -0.2) is 64.2 Å². The monoisotopic (exact) mass is 492 g/mol. The second-order valence-electron chi connectivity index (χ2n) is 9.34. The number of rotatable bonds is 6. The minimum atomic E-state index is -0.435. The molecule has 4 aromatic rings. The molecule has 1 saturated carbocycles. The number of aromatic nitrogens is 5. The largest absolute Gasteiger partial charge is 0.469 e. The molecule has 1 spiro atoms. The van der Waals surface area contributed by atoms with Gasteiger partial charge < -0.3 is 30.4 Å². The third-order valence-corrected chi connectivity index (χ3v) is 7.08. The average molecular weight is 493 g/mol. The molecule has 1 saturated heterocycles. The van der Waals surface area contributed by atoms with Crippen molar-refractivity contribution in [2.75, 3.05) is 37.5 Å². The first kappa shape index (κ1) is 22.4. The van der Waals surface area contributed by atoms with Crippen LogP contribution in [0.3, 0.4) is 0 Å². The van der Waals surface area contributed by atoms with Crippen LogP contribution in [0.15, 0.2) is 24.5 Å². The Kier molecular flexibility index (Phi) is 5.14. The minimum Gasteiger partial charge on any atom is -0.469 e. The topological polar surface area (TPSA) is 144 Å². The number of nitrogens with two attached hydrogens (primary N) is 1. The Balaban J connectivity index is 1.43. The second-order valence-corrected chi connectivity index (χ2v) is 9.34. The Bertz CT molecular complexity index is 1480. The molecule has 186 valence electrons. The maximum atomic E-state index is 14.5. The molecule has 4 N–H and O–H groups in total. The van der Waals surface area contributed by atoms with Crippen molar-refractivity contribution < 1.29 is 18.7 Å². The molecule has 1 aliphatic heterocycles. The van der Waals surface area contributed by atoms with E-state index < -0.39 is 5.97 Å². The van der Waals surface area contributed by atoms with Crippen LogP contribution in [0.4, 0.5) is 15.9 Å². The Morgan fingerprint density at radius 1 is 1.31 bits per heavy atom. The summed E-state index contributed by atoms with van der Waals surface area (Å²) in [5.41, 5.74) is 8.44. The Hall–Kier alpha value is -4.06. The lowest BCUT2D eigenvalue weighted by Gasteiger charge is -2.19. The average Bonchev–Trinajstić information content (AvgIpc) is 3.46. The van der Waals surface area contributed by atoms with Crippen LogP contribution in [0.1, 0.15) is 18.7 Å². The van der Waals surface area contributed by atoms with Crippen molar-refractivity contribution >= 4 is 39.4 Å². The summed E-state index contributed by atoms with van der Waals surface area (Å²) in [5.74, 6) is 0.458. The second kappa shape index (κ2) is 8.26. The standard InChI is InChI=1S/C24H25FN8O3/c1-27-15-6-12(25)5-14-19-21(30-20(14)15)31-23(32-22(19)33-10-16(26)24(11-33)3-4-24)36-13-8-28-17(29-9-13)7-18(34)35-2/h5-6,8-9,16,27H,3-4,7,10-11,26H2,1-2H3,(H,30,31,32)/t16-/m0/s1. The van der Waals surface area contributed by atoms with Gasteiger partial charge in [0.25, 0.3) is 0 Å². The van der Waals surface area contributed by atoms with Crippen LogP contribution in [0.25, 0.3) is 21.9 Å². The molecule has 1 atom stereocenters. The summed E-state index contributed by atoms with van der Waals surface area (Å²) in [5, 5.41) is 4.42. The molecular weight excluding hydrogens is 467 g/mol. The first-order valence-electron chi connectivity index (χ1n) is 11.7. The predicted octanol–water partition coefficient (Wildman–Crippen LogP) is 2.52. The molecule has 3 aromatic heterocycles. The van der Waals surface area contributed by atoms with E-state index in [0.29, 0.717) is 46.0 Å². The molecule has 0 amide bonds. The number of H-pyrrole nitrogens is 1. The van der Waals surface area contributed by atoms with Crippen LogP contribution >= 0.6 is 0 Å². The van der Waals surface area contributed by atoms with Crippen molar-refractivity contribution in [3.05, 3.63) is 36.2 Å². The van der Waals surface area contributed by atoms with E-state index in [4.69, 9.17) is 15.5 Å². The number of aromatic amines is 1. The van der Waals surface area contributed by atoms with E-state index in [2.05, 4.69) is 34.9 Å². The highest BCUT2D eigenvalue weighted by Gasteiger charge is 2.54. The van der Waals surface area contributed by atoms with Gasteiger partial charge in [-0.2, -0.15) is 9.97 Å². The van der Waals surface area contributed by atoms with Gasteiger partial charge in [-0.05, 0) is 25.0 Å². The van der Waals surface area contributed by atoms with Gasteiger partial charge in [0.05, 0.1) is 36.1 Å². The minimum absolute atomic E-state index is 0.0393. The summed E-state index contributed by atoms with van der Waals surface area (Å²) < 4.78 is 25.1. The normalized spacial score (nSPS) is 18.2. The van der Waals surface area contributed by atoms with Crippen molar-refractivity contribution in [1.82, 2.24) is 24.9 Å². The first-order chi connectivity index (χ1) is 17.4. The van der Waals surface area contributed by atoms with Crippen molar-refractivity contribution in [2.24, 2.45) is 11.1 Å². The van der Waals surface area contributed by atoms with E-state index in [1.54, 1.807) is 7.05 Å². The van der Waals surface area contributed by atoms with Crippen molar-refractivity contribution in [1.29, 1.82) is 0 Å². The summed E-state index contributed by atoms with van der Waals surface area (Å²) in [7, 11) is 3.04. The van der Waals surface area contributed by atoms with Crippen LogP contribution < -0.4 is 20.7 Å². The molecule has 12 heteroatoms. The molecule has 2 aliphatic rings. The molecule has 11 nitrogen and oxygen atoms in total. The van der Waals surface area contributed by atoms with Crippen LogP contribution in [-0.2, 0) is 16.0 Å². The van der Waals surface area contributed by atoms with Gasteiger partial charge in [0, 0.05) is 37.0 Å². The number of carbonyl (C=O) groups is 1. The third-order valence-electron chi connectivity index (χ3n) is 7.08. The Morgan fingerprint density at radius 3 is 2.75 bits per heavy atom. The zero-order valence-corrected chi connectivity index (χ0v) is 19.8. The molecule has 36 heavy (non-hydrogen) atoms. The number of methoxy groups -OCH3 is 1. The van der Waals surface area contributed by atoms with E-state index >= 15 is 0 Å². The fourth-order valence-corrected chi connectivity index (χ4v) is 4.93. The number of anilines is 2. The molecule has 0 bridgehead atoms.